The molecule has 7 heteroatoms. The van der Waals surface area contributed by atoms with E-state index in [1.54, 1.807) is 0 Å². The highest BCUT2D eigenvalue weighted by atomic mass is 19.4. The van der Waals surface area contributed by atoms with Crippen molar-refractivity contribution in [3.05, 3.63) is 53.2 Å². The number of carbonyl (C=O) groups is 1. The summed E-state index contributed by atoms with van der Waals surface area (Å²) in [4.78, 5) is 14.9. The van der Waals surface area contributed by atoms with Crippen LogP contribution in [0.5, 0.6) is 0 Å². The van der Waals surface area contributed by atoms with Crippen LogP contribution < -0.4 is 5.32 Å². The molecule has 0 unspecified atom stereocenters. The first-order valence-electron chi connectivity index (χ1n) is 7.18. The van der Waals surface area contributed by atoms with E-state index in [1.807, 2.05) is 0 Å². The number of pyridine rings is 1. The molecule has 2 rings (SSSR count). The number of aromatic carboxylic acids is 1. The van der Waals surface area contributed by atoms with Crippen LogP contribution in [0.2, 0.25) is 0 Å². The number of nitrogens with zero attached hydrogens (tertiary/aromatic N) is 1. The lowest BCUT2D eigenvalue weighted by atomic mass is 10.1. The van der Waals surface area contributed by atoms with Crippen molar-refractivity contribution in [1.82, 2.24) is 4.98 Å². The third-order valence-electron chi connectivity index (χ3n) is 2.66. The molecule has 1 heterocycles. The van der Waals surface area contributed by atoms with Gasteiger partial charge in [0.1, 0.15) is 11.4 Å². The SMILES string of the molecule is [2H]C([2H])([2H])c1c(Nc2ncccc2C(=O)O)cccc1C(F)(F)F. The number of aromatic nitrogens is 1. The van der Waals surface area contributed by atoms with E-state index in [0.717, 1.165) is 12.1 Å². The van der Waals surface area contributed by atoms with Gasteiger partial charge in [0, 0.05) is 16.0 Å². The molecule has 0 aliphatic heterocycles. The predicted molar refractivity (Wildman–Crippen MR) is 70.7 cm³/mol. The number of carboxylic acids is 1. The van der Waals surface area contributed by atoms with Crippen molar-refractivity contribution in [2.75, 3.05) is 5.32 Å². The summed E-state index contributed by atoms with van der Waals surface area (Å²) in [6.45, 7) is -3.06. The summed E-state index contributed by atoms with van der Waals surface area (Å²) in [6, 6.07) is 5.34. The number of hydrogen-bond donors (Lipinski definition) is 2. The fourth-order valence-electron chi connectivity index (χ4n) is 1.70. The smallest absolute Gasteiger partial charge is 0.416 e. The van der Waals surface area contributed by atoms with Gasteiger partial charge in [-0.3, -0.25) is 0 Å². The zero-order valence-electron chi connectivity index (χ0n) is 13.4. The predicted octanol–water partition coefficient (Wildman–Crippen LogP) is 3.85. The van der Waals surface area contributed by atoms with E-state index in [1.165, 1.54) is 18.3 Å². The Labute approximate surface area is 122 Å². The molecule has 0 amide bonds. The topological polar surface area (TPSA) is 62.2 Å². The summed E-state index contributed by atoms with van der Waals surface area (Å²) >= 11 is 0. The number of halogens is 3. The first kappa shape index (κ1) is 11.1. The highest BCUT2D eigenvalue weighted by Crippen LogP contribution is 2.35. The van der Waals surface area contributed by atoms with Gasteiger partial charge in [-0.2, -0.15) is 13.2 Å². The number of nitrogens with one attached hydrogen (secondary N) is 1. The molecule has 1 aromatic carbocycles. The van der Waals surface area contributed by atoms with Crippen molar-refractivity contribution in [1.29, 1.82) is 0 Å². The van der Waals surface area contributed by atoms with Crippen LogP contribution in [0.25, 0.3) is 0 Å². The summed E-state index contributed by atoms with van der Waals surface area (Å²) in [5, 5.41) is 11.5. The van der Waals surface area contributed by atoms with Gasteiger partial charge in [-0.1, -0.05) is 6.07 Å². The molecule has 0 saturated carbocycles. The highest BCUT2D eigenvalue weighted by molar-refractivity contribution is 5.94. The van der Waals surface area contributed by atoms with Gasteiger partial charge in [-0.25, -0.2) is 9.78 Å². The average Bonchev–Trinajstić information content (AvgIpc) is 2.45. The molecular formula is C14H11F3N2O2. The van der Waals surface area contributed by atoms with Crippen LogP contribution in [0.3, 0.4) is 0 Å². The van der Waals surface area contributed by atoms with Crippen molar-refractivity contribution in [2.24, 2.45) is 0 Å². The molecule has 2 aromatic rings. The summed E-state index contributed by atoms with van der Waals surface area (Å²) in [6.07, 6.45) is -3.64. The maximum absolute atomic E-state index is 13.1. The fourth-order valence-corrected chi connectivity index (χ4v) is 1.70. The molecule has 0 radical (unpaired) electrons. The second kappa shape index (κ2) is 5.43. The van der Waals surface area contributed by atoms with Crippen LogP contribution in [-0.2, 0) is 6.18 Å². The maximum atomic E-state index is 13.1. The van der Waals surface area contributed by atoms with Crippen LogP contribution in [0.15, 0.2) is 36.5 Å². The Balaban J connectivity index is 2.63. The van der Waals surface area contributed by atoms with E-state index < -0.39 is 30.1 Å². The minimum absolute atomic E-state index is 0.255. The molecule has 21 heavy (non-hydrogen) atoms. The van der Waals surface area contributed by atoms with E-state index in [-0.39, 0.29) is 17.1 Å². The lowest BCUT2D eigenvalue weighted by Gasteiger charge is -2.15. The zero-order valence-corrected chi connectivity index (χ0v) is 10.4. The third-order valence-corrected chi connectivity index (χ3v) is 2.66. The molecule has 2 N–H and O–H groups in total. The van der Waals surface area contributed by atoms with Crippen molar-refractivity contribution >= 4 is 17.5 Å². The molecule has 0 bridgehead atoms. The molecule has 0 aliphatic rings. The lowest BCUT2D eigenvalue weighted by Crippen LogP contribution is -2.10. The molecule has 0 aliphatic carbocycles. The van der Waals surface area contributed by atoms with Crippen LogP contribution in [0, 0.1) is 6.85 Å². The molecule has 0 atom stereocenters. The van der Waals surface area contributed by atoms with Crippen molar-refractivity contribution in [3.63, 3.8) is 0 Å². The molecule has 110 valence electrons. The van der Waals surface area contributed by atoms with Gasteiger partial charge in [0.15, 0.2) is 0 Å². The average molecular weight is 299 g/mol. The van der Waals surface area contributed by atoms with Gasteiger partial charge < -0.3 is 10.4 Å². The van der Waals surface area contributed by atoms with E-state index >= 15 is 0 Å². The Morgan fingerprint density at radius 2 is 2.10 bits per heavy atom. The standard InChI is InChI=1S/C14H11F3N2O2/c1-8-10(14(15,16)17)5-2-6-11(8)19-12-9(13(20)21)4-3-7-18-12/h2-7H,1H3,(H,18,19)(H,20,21)/i1D3. The number of carboxylic acid groups (broad SMARTS) is 1. The lowest BCUT2D eigenvalue weighted by molar-refractivity contribution is -0.138. The number of rotatable bonds is 3. The van der Waals surface area contributed by atoms with Crippen molar-refractivity contribution in [2.45, 2.75) is 13.0 Å². The molecular weight excluding hydrogens is 285 g/mol. The minimum Gasteiger partial charge on any atom is -0.478 e. The Hall–Kier alpha value is -2.57. The Bertz CT molecular complexity index is 777. The number of anilines is 2. The van der Waals surface area contributed by atoms with E-state index in [9.17, 15) is 18.0 Å². The second-order valence-corrected chi connectivity index (χ2v) is 4.06. The first-order valence-corrected chi connectivity index (χ1v) is 5.68. The minimum atomic E-state index is -4.87. The summed E-state index contributed by atoms with van der Waals surface area (Å²) < 4.78 is 61.5. The normalized spacial score (nSPS) is 14.0. The van der Waals surface area contributed by atoms with E-state index in [4.69, 9.17) is 9.22 Å². The van der Waals surface area contributed by atoms with Gasteiger partial charge in [0.2, 0.25) is 0 Å². The van der Waals surface area contributed by atoms with Crippen LogP contribution in [-0.4, -0.2) is 16.1 Å². The molecule has 4 nitrogen and oxygen atoms in total. The number of alkyl halides is 3. The summed E-state index contributed by atoms with van der Waals surface area (Å²) in [7, 11) is 0. The molecule has 0 fully saturated rings. The third kappa shape index (κ3) is 3.13. The largest absolute Gasteiger partial charge is 0.478 e. The van der Waals surface area contributed by atoms with E-state index in [0.29, 0.717) is 6.07 Å². The molecule has 1 aromatic heterocycles. The number of benzene rings is 1. The van der Waals surface area contributed by atoms with E-state index in [2.05, 4.69) is 10.3 Å². The molecule has 0 spiro atoms. The number of hydrogen-bond acceptors (Lipinski definition) is 3. The highest BCUT2D eigenvalue weighted by Gasteiger charge is 2.33. The zero-order chi connectivity index (χ0) is 18.1. The monoisotopic (exact) mass is 299 g/mol. The van der Waals surface area contributed by atoms with Gasteiger partial charge >= 0.3 is 12.1 Å². The van der Waals surface area contributed by atoms with Crippen molar-refractivity contribution < 1.29 is 27.2 Å². The maximum Gasteiger partial charge on any atom is 0.416 e. The van der Waals surface area contributed by atoms with Crippen LogP contribution in [0.1, 0.15) is 25.6 Å². The van der Waals surface area contributed by atoms with Gasteiger partial charge in [-0.05, 0) is 36.7 Å². The van der Waals surface area contributed by atoms with Gasteiger partial charge in [0.25, 0.3) is 0 Å². The van der Waals surface area contributed by atoms with Gasteiger partial charge in [-0.15, -0.1) is 0 Å². The van der Waals surface area contributed by atoms with Crippen molar-refractivity contribution in [3.8, 4) is 0 Å². The van der Waals surface area contributed by atoms with Gasteiger partial charge in [0.05, 0.1) is 5.56 Å². The van der Waals surface area contributed by atoms with Crippen LogP contribution in [0.4, 0.5) is 24.7 Å². The quantitative estimate of drug-likeness (QED) is 0.903. The Kier molecular flexibility index (Phi) is 2.88. The Morgan fingerprint density at radius 3 is 2.71 bits per heavy atom. The fraction of sp³-hybridized carbons (Fsp3) is 0.143. The summed E-state index contributed by atoms with van der Waals surface area (Å²) in [5.74, 6) is -1.61. The second-order valence-electron chi connectivity index (χ2n) is 4.06. The Morgan fingerprint density at radius 1 is 1.33 bits per heavy atom. The molecule has 0 saturated heterocycles. The summed E-state index contributed by atoms with van der Waals surface area (Å²) in [5.41, 5.74) is -2.95. The first-order chi connectivity index (χ1) is 11.0. The van der Waals surface area contributed by atoms with Crippen LogP contribution >= 0.6 is 0 Å².